The van der Waals surface area contributed by atoms with Gasteiger partial charge in [0.05, 0.1) is 6.10 Å². The van der Waals surface area contributed by atoms with E-state index in [1.165, 1.54) is 33.9 Å². The average molecular weight is 323 g/mol. The van der Waals surface area contributed by atoms with Gasteiger partial charge < -0.3 is 10.4 Å². The summed E-state index contributed by atoms with van der Waals surface area (Å²) in [5, 5.41) is 16.8. The summed E-state index contributed by atoms with van der Waals surface area (Å²) in [5.41, 5.74) is 0.437. The molecule has 1 aliphatic heterocycles. The van der Waals surface area contributed by atoms with E-state index in [-0.39, 0.29) is 17.7 Å². The number of rotatable bonds is 4. The van der Waals surface area contributed by atoms with Gasteiger partial charge in [-0.25, -0.2) is 4.98 Å². The number of thiophene rings is 1. The van der Waals surface area contributed by atoms with E-state index < -0.39 is 12.0 Å². The second-order valence-corrected chi connectivity index (χ2v) is 6.38. The molecule has 0 radical (unpaired) electrons. The van der Waals surface area contributed by atoms with E-state index in [2.05, 4.69) is 10.3 Å². The van der Waals surface area contributed by atoms with Gasteiger partial charge >= 0.3 is 0 Å². The fraction of sp³-hybridized carbons (Fsp3) is 0.308. The summed E-state index contributed by atoms with van der Waals surface area (Å²) in [4.78, 5) is 28.3. The summed E-state index contributed by atoms with van der Waals surface area (Å²) in [7, 11) is 0. The van der Waals surface area contributed by atoms with Crippen LogP contribution >= 0.6 is 23.1 Å². The van der Waals surface area contributed by atoms with E-state index in [4.69, 9.17) is 0 Å². The van der Waals surface area contributed by atoms with Crippen molar-refractivity contribution in [2.75, 3.05) is 12.3 Å². The molecule has 0 aliphatic carbocycles. The molecule has 1 amide bonds. The molecule has 0 saturated heterocycles. The van der Waals surface area contributed by atoms with E-state index in [9.17, 15) is 14.7 Å². The van der Waals surface area contributed by atoms with Crippen molar-refractivity contribution in [1.82, 2.24) is 14.9 Å². The standard InChI is InChI=1S/C13H13N3O3S2/c17-10(8-1-3-20-7-8)6-14-11(18)9-5-15-13-16(12(9)19)2-4-21-13/h1,3,5,7,10,17H,2,4,6H2,(H,14,18). The van der Waals surface area contributed by atoms with Crippen molar-refractivity contribution < 1.29 is 9.90 Å². The molecule has 110 valence electrons. The van der Waals surface area contributed by atoms with Crippen LogP contribution in [0, 0.1) is 0 Å². The predicted octanol–water partition coefficient (Wildman–Crippen LogP) is 0.874. The monoisotopic (exact) mass is 323 g/mol. The van der Waals surface area contributed by atoms with Gasteiger partial charge in [0.1, 0.15) is 5.56 Å². The lowest BCUT2D eigenvalue weighted by molar-refractivity contribution is 0.0913. The van der Waals surface area contributed by atoms with Crippen molar-refractivity contribution in [2.24, 2.45) is 0 Å². The van der Waals surface area contributed by atoms with E-state index in [1.807, 2.05) is 10.8 Å². The molecule has 1 aliphatic rings. The number of aromatic nitrogens is 2. The third-order valence-corrected chi connectivity index (χ3v) is 4.86. The van der Waals surface area contributed by atoms with Gasteiger partial charge in [-0.1, -0.05) is 11.8 Å². The molecule has 0 fully saturated rings. The molecule has 0 bridgehead atoms. The van der Waals surface area contributed by atoms with Crippen LogP contribution in [0.25, 0.3) is 0 Å². The van der Waals surface area contributed by atoms with Crippen LogP contribution in [0.1, 0.15) is 22.0 Å². The molecule has 0 aromatic carbocycles. The zero-order chi connectivity index (χ0) is 14.8. The van der Waals surface area contributed by atoms with Gasteiger partial charge in [-0.05, 0) is 22.4 Å². The molecule has 3 rings (SSSR count). The summed E-state index contributed by atoms with van der Waals surface area (Å²) in [6.07, 6.45) is 0.527. The first-order valence-electron chi connectivity index (χ1n) is 6.38. The van der Waals surface area contributed by atoms with E-state index in [1.54, 1.807) is 6.07 Å². The number of amides is 1. The lowest BCUT2D eigenvalue weighted by Crippen LogP contribution is -2.35. The maximum Gasteiger partial charge on any atom is 0.267 e. The number of nitrogens with zero attached hydrogens (tertiary/aromatic N) is 2. The molecule has 2 N–H and O–H groups in total. The number of fused-ring (bicyclic) bond motifs is 1. The van der Waals surface area contributed by atoms with Crippen LogP contribution in [0.2, 0.25) is 0 Å². The number of aliphatic hydroxyl groups excluding tert-OH is 1. The maximum atomic E-state index is 12.2. The predicted molar refractivity (Wildman–Crippen MR) is 80.8 cm³/mol. The van der Waals surface area contributed by atoms with Crippen LogP contribution in [0.5, 0.6) is 0 Å². The number of carbonyl (C=O) groups is 1. The fourth-order valence-electron chi connectivity index (χ4n) is 2.04. The molecular formula is C13H13N3O3S2. The van der Waals surface area contributed by atoms with Crippen LogP contribution in [0.15, 0.2) is 33.0 Å². The summed E-state index contributed by atoms with van der Waals surface area (Å²) in [5.74, 6) is 0.290. The zero-order valence-corrected chi connectivity index (χ0v) is 12.6. The highest BCUT2D eigenvalue weighted by Crippen LogP contribution is 2.20. The molecule has 1 atom stereocenters. The van der Waals surface area contributed by atoms with Crippen molar-refractivity contribution in [3.05, 3.63) is 44.5 Å². The molecule has 0 spiro atoms. The number of thioether (sulfide) groups is 1. The van der Waals surface area contributed by atoms with Crippen molar-refractivity contribution in [3.8, 4) is 0 Å². The molecular weight excluding hydrogens is 310 g/mol. The van der Waals surface area contributed by atoms with Gasteiger partial charge in [0.15, 0.2) is 5.16 Å². The van der Waals surface area contributed by atoms with Crippen molar-refractivity contribution in [2.45, 2.75) is 17.8 Å². The molecule has 2 aromatic heterocycles. The van der Waals surface area contributed by atoms with Gasteiger partial charge in [-0.2, -0.15) is 11.3 Å². The third kappa shape index (κ3) is 2.87. The van der Waals surface area contributed by atoms with Crippen molar-refractivity contribution >= 4 is 29.0 Å². The number of nitrogens with one attached hydrogen (secondary N) is 1. The molecule has 6 nitrogen and oxygen atoms in total. The minimum Gasteiger partial charge on any atom is -0.387 e. The van der Waals surface area contributed by atoms with Gasteiger partial charge in [-0.3, -0.25) is 14.2 Å². The largest absolute Gasteiger partial charge is 0.387 e. The molecule has 21 heavy (non-hydrogen) atoms. The van der Waals surface area contributed by atoms with E-state index in [0.29, 0.717) is 11.7 Å². The minimum absolute atomic E-state index is 0.0127. The van der Waals surface area contributed by atoms with Gasteiger partial charge in [0, 0.05) is 25.0 Å². The fourth-order valence-corrected chi connectivity index (χ4v) is 3.66. The van der Waals surface area contributed by atoms with Crippen LogP contribution < -0.4 is 10.9 Å². The average Bonchev–Trinajstić information content (AvgIpc) is 3.15. The smallest absolute Gasteiger partial charge is 0.267 e. The number of aliphatic hydroxyl groups is 1. The molecule has 2 aromatic rings. The molecule has 0 saturated carbocycles. The number of carbonyl (C=O) groups excluding carboxylic acids is 1. The van der Waals surface area contributed by atoms with E-state index >= 15 is 0 Å². The lowest BCUT2D eigenvalue weighted by atomic mass is 10.2. The SMILES string of the molecule is O=C(NCC(O)c1ccsc1)c1cnc2n(c1=O)CCS2. The van der Waals surface area contributed by atoms with Crippen LogP contribution in [-0.4, -0.2) is 32.9 Å². The first-order valence-corrected chi connectivity index (χ1v) is 8.30. The Balaban J connectivity index is 1.70. The lowest BCUT2D eigenvalue weighted by Gasteiger charge is -2.11. The second kappa shape index (κ2) is 6.00. The minimum atomic E-state index is -0.777. The van der Waals surface area contributed by atoms with Crippen molar-refractivity contribution in [3.63, 3.8) is 0 Å². The molecule has 8 heteroatoms. The van der Waals surface area contributed by atoms with Crippen LogP contribution in [-0.2, 0) is 6.54 Å². The number of hydrogen-bond acceptors (Lipinski definition) is 6. The Labute approximate surface area is 128 Å². The quantitative estimate of drug-likeness (QED) is 0.816. The summed E-state index contributed by atoms with van der Waals surface area (Å²) in [6.45, 7) is 0.635. The van der Waals surface area contributed by atoms with E-state index in [0.717, 1.165) is 11.3 Å². The Morgan fingerprint density at radius 1 is 1.57 bits per heavy atom. The Kier molecular flexibility index (Phi) is 4.09. The Hall–Kier alpha value is -1.64. The van der Waals surface area contributed by atoms with Gasteiger partial charge in [-0.15, -0.1) is 0 Å². The third-order valence-electron chi connectivity index (χ3n) is 3.19. The normalized spacial score (nSPS) is 14.7. The maximum absolute atomic E-state index is 12.2. The van der Waals surface area contributed by atoms with Gasteiger partial charge in [0.25, 0.3) is 11.5 Å². The topological polar surface area (TPSA) is 84.2 Å². The summed E-state index contributed by atoms with van der Waals surface area (Å²) >= 11 is 2.98. The number of hydrogen-bond donors (Lipinski definition) is 2. The highest BCUT2D eigenvalue weighted by molar-refractivity contribution is 7.99. The Morgan fingerprint density at radius 2 is 2.43 bits per heavy atom. The summed E-state index contributed by atoms with van der Waals surface area (Å²) in [6, 6.07) is 1.80. The first kappa shape index (κ1) is 14.3. The Bertz CT molecular complexity index is 712. The zero-order valence-electron chi connectivity index (χ0n) is 11.0. The second-order valence-electron chi connectivity index (χ2n) is 4.54. The molecule has 3 heterocycles. The van der Waals surface area contributed by atoms with Crippen LogP contribution in [0.4, 0.5) is 0 Å². The van der Waals surface area contributed by atoms with Crippen molar-refractivity contribution in [1.29, 1.82) is 0 Å². The highest BCUT2D eigenvalue weighted by Gasteiger charge is 2.20. The first-order chi connectivity index (χ1) is 10.2. The molecule has 1 unspecified atom stereocenters. The van der Waals surface area contributed by atoms with Crippen LogP contribution in [0.3, 0.4) is 0 Å². The summed E-state index contributed by atoms with van der Waals surface area (Å²) < 4.78 is 1.51. The van der Waals surface area contributed by atoms with Gasteiger partial charge in [0.2, 0.25) is 0 Å². The Morgan fingerprint density at radius 3 is 3.19 bits per heavy atom. The highest BCUT2D eigenvalue weighted by atomic mass is 32.2.